The number of hydrogen-bond acceptors (Lipinski definition) is 2. The van der Waals surface area contributed by atoms with E-state index in [-0.39, 0.29) is 0 Å². The standard InChI is InChI=1S/C18H36O2/c1-2-18(20)16-14-12-10-8-6-4-3-5-7-9-11-13-15-17-19/h19H,2-17H2,1H3. The van der Waals surface area contributed by atoms with E-state index in [0.717, 1.165) is 19.3 Å². The van der Waals surface area contributed by atoms with Crippen LogP contribution in [0.3, 0.4) is 0 Å². The molecule has 0 aliphatic rings. The van der Waals surface area contributed by atoms with Crippen molar-refractivity contribution in [3.63, 3.8) is 0 Å². The topological polar surface area (TPSA) is 37.3 Å². The predicted molar refractivity (Wildman–Crippen MR) is 87.0 cm³/mol. The number of aliphatic hydroxyl groups is 1. The van der Waals surface area contributed by atoms with Crippen molar-refractivity contribution in [2.24, 2.45) is 0 Å². The van der Waals surface area contributed by atoms with Gasteiger partial charge in [0.05, 0.1) is 0 Å². The van der Waals surface area contributed by atoms with E-state index in [2.05, 4.69) is 0 Å². The highest BCUT2D eigenvalue weighted by atomic mass is 16.2. The van der Waals surface area contributed by atoms with Crippen molar-refractivity contribution in [3.8, 4) is 0 Å². The smallest absolute Gasteiger partial charge is 0.132 e. The number of hydrogen-bond donors (Lipinski definition) is 1. The molecule has 2 nitrogen and oxygen atoms in total. The van der Waals surface area contributed by atoms with Crippen LogP contribution in [0, 0.1) is 0 Å². The number of rotatable bonds is 16. The highest BCUT2D eigenvalue weighted by Gasteiger charge is 1.98. The minimum absolute atomic E-state index is 0.354. The molecule has 0 heterocycles. The number of ketones is 1. The molecule has 0 unspecified atom stereocenters. The molecular weight excluding hydrogens is 248 g/mol. The van der Waals surface area contributed by atoms with Crippen LogP contribution in [0.5, 0.6) is 0 Å². The number of carbonyl (C=O) groups is 1. The molecule has 0 radical (unpaired) electrons. The van der Waals surface area contributed by atoms with Crippen molar-refractivity contribution in [2.45, 2.75) is 103 Å². The zero-order valence-electron chi connectivity index (χ0n) is 13.7. The molecule has 2 heteroatoms. The predicted octanol–water partition coefficient (Wildman–Crippen LogP) is 5.42. The molecule has 0 rings (SSSR count). The minimum Gasteiger partial charge on any atom is -0.396 e. The second-order valence-electron chi connectivity index (χ2n) is 5.96. The van der Waals surface area contributed by atoms with E-state index >= 15 is 0 Å². The molecule has 0 saturated carbocycles. The molecule has 20 heavy (non-hydrogen) atoms. The second-order valence-corrected chi connectivity index (χ2v) is 5.96. The number of Topliss-reactive ketones (excluding diaryl/α,β-unsaturated/α-hetero) is 1. The third kappa shape index (κ3) is 15.7. The Morgan fingerprint density at radius 3 is 1.35 bits per heavy atom. The maximum absolute atomic E-state index is 11.1. The van der Waals surface area contributed by atoms with Crippen LogP contribution in [0.4, 0.5) is 0 Å². The van der Waals surface area contributed by atoms with E-state index in [9.17, 15) is 4.79 Å². The van der Waals surface area contributed by atoms with Gasteiger partial charge in [-0.3, -0.25) is 4.79 Å². The Balaban J connectivity index is 2.97. The molecule has 0 aromatic rings. The van der Waals surface area contributed by atoms with Crippen LogP contribution in [0.2, 0.25) is 0 Å². The van der Waals surface area contributed by atoms with Crippen molar-refractivity contribution in [2.75, 3.05) is 6.61 Å². The largest absolute Gasteiger partial charge is 0.396 e. The maximum atomic E-state index is 11.1. The van der Waals surface area contributed by atoms with Crippen LogP contribution in [-0.2, 0) is 4.79 Å². The molecule has 1 N–H and O–H groups in total. The zero-order chi connectivity index (χ0) is 14.9. The third-order valence-electron chi connectivity index (χ3n) is 4.01. The lowest BCUT2D eigenvalue weighted by molar-refractivity contribution is -0.118. The summed E-state index contributed by atoms with van der Waals surface area (Å²) in [5.74, 6) is 0.420. The Kier molecular flexibility index (Phi) is 16.4. The molecule has 0 atom stereocenters. The van der Waals surface area contributed by atoms with Gasteiger partial charge in [-0.05, 0) is 12.8 Å². The summed E-state index contributed by atoms with van der Waals surface area (Å²) >= 11 is 0. The average molecular weight is 284 g/mol. The van der Waals surface area contributed by atoms with Crippen LogP contribution in [-0.4, -0.2) is 17.5 Å². The fraction of sp³-hybridized carbons (Fsp3) is 0.944. The first-order chi connectivity index (χ1) is 9.81. The average Bonchev–Trinajstić information content (AvgIpc) is 2.47. The number of carbonyl (C=O) groups excluding carboxylic acids is 1. The first-order valence-corrected chi connectivity index (χ1v) is 8.93. The molecule has 0 spiro atoms. The van der Waals surface area contributed by atoms with E-state index < -0.39 is 0 Å². The summed E-state index contributed by atoms with van der Waals surface area (Å²) in [7, 11) is 0. The molecule has 0 aromatic carbocycles. The summed E-state index contributed by atoms with van der Waals surface area (Å²) in [4.78, 5) is 11.1. The van der Waals surface area contributed by atoms with Crippen LogP contribution in [0.25, 0.3) is 0 Å². The van der Waals surface area contributed by atoms with Gasteiger partial charge >= 0.3 is 0 Å². The highest BCUT2D eigenvalue weighted by Crippen LogP contribution is 2.13. The number of aliphatic hydroxyl groups excluding tert-OH is 1. The molecule has 0 bridgehead atoms. The molecule has 0 saturated heterocycles. The van der Waals surface area contributed by atoms with Crippen molar-refractivity contribution in [3.05, 3.63) is 0 Å². The molecule has 0 aromatic heterocycles. The first-order valence-electron chi connectivity index (χ1n) is 8.93. The van der Waals surface area contributed by atoms with E-state index in [0.29, 0.717) is 18.8 Å². The summed E-state index contributed by atoms with van der Waals surface area (Å²) in [6, 6.07) is 0. The molecule has 0 aliphatic carbocycles. The van der Waals surface area contributed by atoms with Gasteiger partial charge in [0, 0.05) is 19.4 Å². The second kappa shape index (κ2) is 16.7. The van der Waals surface area contributed by atoms with E-state index in [1.807, 2.05) is 6.92 Å². The minimum atomic E-state index is 0.354. The van der Waals surface area contributed by atoms with Crippen molar-refractivity contribution < 1.29 is 9.90 Å². The first kappa shape index (κ1) is 19.6. The highest BCUT2D eigenvalue weighted by molar-refractivity contribution is 5.77. The molecule has 0 amide bonds. The lowest BCUT2D eigenvalue weighted by Crippen LogP contribution is -1.94. The SMILES string of the molecule is CCC(=O)CCCCCCCCCCCCCCCO. The Bertz CT molecular complexity index is 202. The van der Waals surface area contributed by atoms with E-state index in [1.165, 1.54) is 70.6 Å². The lowest BCUT2D eigenvalue weighted by Gasteiger charge is -2.03. The summed E-state index contributed by atoms with van der Waals surface area (Å²) in [6.45, 7) is 2.31. The molecule has 120 valence electrons. The zero-order valence-corrected chi connectivity index (χ0v) is 13.7. The fourth-order valence-corrected chi connectivity index (χ4v) is 2.56. The monoisotopic (exact) mass is 284 g/mol. The molecule has 0 aliphatic heterocycles. The van der Waals surface area contributed by atoms with Gasteiger partial charge < -0.3 is 5.11 Å². The Morgan fingerprint density at radius 2 is 1.00 bits per heavy atom. The fourth-order valence-electron chi connectivity index (χ4n) is 2.56. The van der Waals surface area contributed by atoms with Crippen LogP contribution >= 0.6 is 0 Å². The summed E-state index contributed by atoms with van der Waals surface area (Å²) in [5, 5.41) is 8.67. The summed E-state index contributed by atoms with van der Waals surface area (Å²) in [5.41, 5.74) is 0. The van der Waals surface area contributed by atoms with Crippen LogP contribution in [0.15, 0.2) is 0 Å². The third-order valence-corrected chi connectivity index (χ3v) is 4.01. The van der Waals surface area contributed by atoms with Gasteiger partial charge in [0.15, 0.2) is 0 Å². The van der Waals surface area contributed by atoms with Crippen LogP contribution < -0.4 is 0 Å². The maximum Gasteiger partial charge on any atom is 0.132 e. The van der Waals surface area contributed by atoms with Gasteiger partial charge in [-0.1, -0.05) is 77.6 Å². The van der Waals surface area contributed by atoms with Gasteiger partial charge in [0.1, 0.15) is 5.78 Å². The van der Waals surface area contributed by atoms with Crippen molar-refractivity contribution in [1.29, 1.82) is 0 Å². The summed E-state index contributed by atoms with van der Waals surface area (Å²) < 4.78 is 0. The van der Waals surface area contributed by atoms with Gasteiger partial charge in [0.25, 0.3) is 0 Å². The Morgan fingerprint density at radius 1 is 0.650 bits per heavy atom. The van der Waals surface area contributed by atoms with Gasteiger partial charge in [-0.15, -0.1) is 0 Å². The van der Waals surface area contributed by atoms with Gasteiger partial charge in [0.2, 0.25) is 0 Å². The lowest BCUT2D eigenvalue weighted by atomic mass is 10.0. The quantitative estimate of drug-likeness (QED) is 0.384. The van der Waals surface area contributed by atoms with Crippen molar-refractivity contribution >= 4 is 5.78 Å². The molecule has 0 fully saturated rings. The Hall–Kier alpha value is -0.370. The van der Waals surface area contributed by atoms with Gasteiger partial charge in [-0.25, -0.2) is 0 Å². The normalized spacial score (nSPS) is 10.9. The van der Waals surface area contributed by atoms with Crippen molar-refractivity contribution in [1.82, 2.24) is 0 Å². The van der Waals surface area contributed by atoms with E-state index in [4.69, 9.17) is 5.11 Å². The Labute approximate surface area is 126 Å². The summed E-state index contributed by atoms with van der Waals surface area (Å²) in [6.07, 6.45) is 18.2. The van der Waals surface area contributed by atoms with Gasteiger partial charge in [-0.2, -0.15) is 0 Å². The molecular formula is C18H36O2. The van der Waals surface area contributed by atoms with Crippen LogP contribution in [0.1, 0.15) is 103 Å². The number of unbranched alkanes of at least 4 members (excludes halogenated alkanes) is 12. The van der Waals surface area contributed by atoms with E-state index in [1.54, 1.807) is 0 Å².